The van der Waals surface area contributed by atoms with Crippen molar-refractivity contribution in [3.63, 3.8) is 0 Å². The number of amides is 3. The number of aromatic nitrogens is 1. The number of rotatable bonds is 30. The number of anilines is 1. The Hall–Kier alpha value is -6.30. The van der Waals surface area contributed by atoms with Crippen molar-refractivity contribution < 1.29 is 48.0 Å². The van der Waals surface area contributed by atoms with E-state index in [1.54, 1.807) is 18.3 Å². The van der Waals surface area contributed by atoms with Crippen LogP contribution in [0.25, 0.3) is 32.3 Å². The molecule has 0 aliphatic carbocycles. The Morgan fingerprint density at radius 2 is 1.48 bits per heavy atom. The number of nitrogens with zero attached hydrogens (tertiary/aromatic N) is 4. The predicted molar refractivity (Wildman–Crippen MR) is 233 cm³/mol. The summed E-state index contributed by atoms with van der Waals surface area (Å²) in [6.45, 7) is 7.26. The topological polar surface area (TPSA) is 244 Å². The molecule has 0 fully saturated rings. The van der Waals surface area contributed by atoms with Gasteiger partial charge >= 0.3 is 5.97 Å². The summed E-state index contributed by atoms with van der Waals surface area (Å²) in [5.41, 5.74) is 11.7. The third-order valence-corrected chi connectivity index (χ3v) is 9.23. The van der Waals surface area contributed by atoms with E-state index in [1.807, 2.05) is 67.6 Å². The molecule has 62 heavy (non-hydrogen) atoms. The highest BCUT2D eigenvalue weighted by atomic mass is 16.6. The van der Waals surface area contributed by atoms with Gasteiger partial charge in [-0.2, -0.15) is 0 Å². The number of carboxylic acid groups (broad SMARTS) is 1. The molecule has 0 aliphatic heterocycles. The van der Waals surface area contributed by atoms with E-state index in [0.717, 1.165) is 27.5 Å². The highest BCUT2D eigenvalue weighted by molar-refractivity contribution is 6.00. The number of carbonyl (C=O) groups excluding carboxylic acids is 3. The number of hydrogen-bond acceptors (Lipinski definition) is 12. The molecule has 1 heterocycles. The molecule has 2 atom stereocenters. The van der Waals surface area contributed by atoms with Gasteiger partial charge in [-0.05, 0) is 71.1 Å². The van der Waals surface area contributed by atoms with Gasteiger partial charge in [-0.25, -0.2) is 4.98 Å². The number of aryl methyl sites for hydroxylation is 1. The van der Waals surface area contributed by atoms with Crippen LogP contribution in [0, 0.1) is 6.92 Å². The van der Waals surface area contributed by atoms with Crippen LogP contribution in [0.5, 0.6) is 5.75 Å². The first-order valence-corrected chi connectivity index (χ1v) is 20.4. The Bertz CT molecular complexity index is 2080. The number of aliphatic carboxylic acids is 1. The van der Waals surface area contributed by atoms with Crippen molar-refractivity contribution in [2.75, 3.05) is 84.4 Å². The van der Waals surface area contributed by atoms with E-state index in [4.69, 9.17) is 29.2 Å². The summed E-state index contributed by atoms with van der Waals surface area (Å²) < 4.78 is 28.0. The highest BCUT2D eigenvalue weighted by Crippen LogP contribution is 2.35. The van der Waals surface area contributed by atoms with E-state index in [-0.39, 0.29) is 12.3 Å². The Kier molecular flexibility index (Phi) is 21.5. The molecule has 0 bridgehead atoms. The van der Waals surface area contributed by atoms with E-state index in [9.17, 15) is 24.3 Å². The van der Waals surface area contributed by atoms with Gasteiger partial charge in [0.1, 0.15) is 24.2 Å². The standard InChI is InChI=1S/C44H56N8O10/c1-31-15-17-47-41(28-31)46-16-5-8-38(50-32(2)53)44(57)48-30-42(54)51-39(29-43(55)56)34-11-9-33(10-12-34)35-13-14-40(37-7-4-3-6-36(35)37)62-27-26-61-25-24-60-23-22-59-21-20-58-19-18-49-52-45/h3-4,6-7,9-15,17,28,38-39H,5,8,16,18-27,29-30H2,1-2H3,(H,46,47)(H,48,57)(H,50,53)(H,51,54)(H,55,56). The quantitative estimate of drug-likeness (QED) is 0.0199. The van der Waals surface area contributed by atoms with Crippen molar-refractivity contribution in [1.29, 1.82) is 0 Å². The van der Waals surface area contributed by atoms with Crippen molar-refractivity contribution >= 4 is 40.3 Å². The molecule has 0 saturated heterocycles. The van der Waals surface area contributed by atoms with Gasteiger partial charge in [-0.3, -0.25) is 19.2 Å². The zero-order valence-electron chi connectivity index (χ0n) is 35.2. The Balaban J connectivity index is 1.23. The van der Waals surface area contributed by atoms with Crippen LogP contribution in [0.3, 0.4) is 0 Å². The molecule has 4 aromatic rings. The maximum Gasteiger partial charge on any atom is 0.305 e. The van der Waals surface area contributed by atoms with Crippen LogP contribution in [-0.2, 0) is 38.1 Å². The molecule has 2 unspecified atom stereocenters. The fourth-order valence-corrected chi connectivity index (χ4v) is 6.30. The molecule has 3 amide bonds. The average molecular weight is 857 g/mol. The van der Waals surface area contributed by atoms with Gasteiger partial charge in [-0.1, -0.05) is 59.7 Å². The summed E-state index contributed by atoms with van der Waals surface area (Å²) in [6.07, 6.45) is 2.18. The first-order chi connectivity index (χ1) is 30.1. The van der Waals surface area contributed by atoms with E-state index in [1.165, 1.54) is 6.92 Å². The van der Waals surface area contributed by atoms with Crippen LogP contribution in [0.1, 0.15) is 43.4 Å². The third kappa shape index (κ3) is 17.7. The van der Waals surface area contributed by atoms with E-state index < -0.39 is 36.4 Å². The molecule has 332 valence electrons. The summed E-state index contributed by atoms with van der Waals surface area (Å²) in [7, 11) is 0. The highest BCUT2D eigenvalue weighted by Gasteiger charge is 2.22. The van der Waals surface area contributed by atoms with E-state index in [2.05, 4.69) is 36.3 Å². The normalized spacial score (nSPS) is 11.8. The largest absolute Gasteiger partial charge is 0.491 e. The molecular formula is C44H56N8O10. The Morgan fingerprint density at radius 1 is 0.823 bits per heavy atom. The number of carbonyl (C=O) groups is 4. The van der Waals surface area contributed by atoms with Crippen molar-refractivity contribution in [1.82, 2.24) is 20.9 Å². The van der Waals surface area contributed by atoms with Crippen molar-refractivity contribution in [2.45, 2.75) is 45.2 Å². The number of benzene rings is 3. The second-order valence-corrected chi connectivity index (χ2v) is 14.0. The minimum atomic E-state index is -1.11. The van der Waals surface area contributed by atoms with Crippen molar-refractivity contribution in [3.05, 3.63) is 101 Å². The van der Waals surface area contributed by atoms with Crippen LogP contribution < -0.4 is 26.0 Å². The smallest absolute Gasteiger partial charge is 0.305 e. The summed E-state index contributed by atoms with van der Waals surface area (Å²) in [6, 6.07) is 21.1. The SMILES string of the molecule is CC(=O)NC(CCCNc1cc(C)ccn1)C(=O)NCC(=O)NC(CC(=O)O)c1ccc(-c2ccc(OCCOCCOCCOCCOCCN=[N+]=[N-])c3ccccc23)cc1. The lowest BCUT2D eigenvalue weighted by Gasteiger charge is -2.20. The maximum atomic E-state index is 13.0. The average Bonchev–Trinajstić information content (AvgIpc) is 3.26. The fraction of sp³-hybridized carbons (Fsp3) is 0.432. The van der Waals surface area contributed by atoms with Gasteiger partial charge in [0.05, 0.1) is 71.9 Å². The first-order valence-electron chi connectivity index (χ1n) is 20.4. The molecule has 0 radical (unpaired) electrons. The van der Waals surface area contributed by atoms with Gasteiger partial charge in [0, 0.05) is 36.5 Å². The van der Waals surface area contributed by atoms with Crippen LogP contribution >= 0.6 is 0 Å². The molecular weight excluding hydrogens is 801 g/mol. The number of carboxylic acids is 1. The summed E-state index contributed by atoms with van der Waals surface area (Å²) in [5.74, 6) is -1.19. The zero-order chi connectivity index (χ0) is 44.4. The molecule has 18 heteroatoms. The summed E-state index contributed by atoms with van der Waals surface area (Å²) in [4.78, 5) is 56.7. The molecule has 0 saturated carbocycles. The number of ether oxygens (including phenoxy) is 5. The molecule has 1 aromatic heterocycles. The number of nitrogens with one attached hydrogen (secondary N) is 4. The monoisotopic (exact) mass is 856 g/mol. The molecule has 5 N–H and O–H groups in total. The minimum absolute atomic E-state index is 0.295. The number of fused-ring (bicyclic) bond motifs is 1. The second kappa shape index (κ2) is 27.5. The molecule has 0 aliphatic rings. The summed E-state index contributed by atoms with van der Waals surface area (Å²) >= 11 is 0. The van der Waals surface area contributed by atoms with Gasteiger partial charge in [0.15, 0.2) is 0 Å². The van der Waals surface area contributed by atoms with Gasteiger partial charge in [0.2, 0.25) is 17.7 Å². The molecule has 4 rings (SSSR count). The molecule has 18 nitrogen and oxygen atoms in total. The van der Waals surface area contributed by atoms with Gasteiger partial charge in [0.25, 0.3) is 0 Å². The van der Waals surface area contributed by atoms with Crippen LogP contribution in [0.2, 0.25) is 0 Å². The Morgan fingerprint density at radius 3 is 2.13 bits per heavy atom. The first kappa shape index (κ1) is 48.4. The fourth-order valence-electron chi connectivity index (χ4n) is 6.30. The van der Waals surface area contributed by atoms with Gasteiger partial charge in [-0.15, -0.1) is 0 Å². The third-order valence-electron chi connectivity index (χ3n) is 9.23. The number of hydrogen-bond donors (Lipinski definition) is 5. The van der Waals surface area contributed by atoms with Crippen molar-refractivity contribution in [3.8, 4) is 16.9 Å². The lowest BCUT2D eigenvalue weighted by atomic mass is 9.95. The van der Waals surface area contributed by atoms with Crippen LogP contribution in [-0.4, -0.2) is 119 Å². The Labute approximate surface area is 360 Å². The van der Waals surface area contributed by atoms with E-state index in [0.29, 0.717) is 103 Å². The van der Waals surface area contributed by atoms with Crippen LogP contribution in [0.4, 0.5) is 5.82 Å². The van der Waals surface area contributed by atoms with Crippen LogP contribution in [0.15, 0.2) is 84.1 Å². The van der Waals surface area contributed by atoms with Gasteiger partial charge < -0.3 is 50.1 Å². The van der Waals surface area contributed by atoms with Crippen molar-refractivity contribution in [2.24, 2.45) is 5.11 Å². The summed E-state index contributed by atoms with van der Waals surface area (Å²) in [5, 5.41) is 26.1. The lowest BCUT2D eigenvalue weighted by Crippen LogP contribution is -2.49. The maximum absolute atomic E-state index is 13.0. The second-order valence-electron chi connectivity index (χ2n) is 14.0. The predicted octanol–water partition coefficient (Wildman–Crippen LogP) is 5.11. The molecule has 3 aromatic carbocycles. The number of pyridine rings is 1. The zero-order valence-corrected chi connectivity index (χ0v) is 35.2. The lowest BCUT2D eigenvalue weighted by molar-refractivity contribution is -0.138. The van der Waals surface area contributed by atoms with E-state index >= 15 is 0 Å². The minimum Gasteiger partial charge on any atom is -0.491 e. The number of azide groups is 1. The molecule has 0 spiro atoms.